The van der Waals surface area contributed by atoms with Gasteiger partial charge in [0.15, 0.2) is 5.76 Å². The van der Waals surface area contributed by atoms with E-state index in [0.29, 0.717) is 25.9 Å². The highest BCUT2D eigenvalue weighted by atomic mass is 16.5. The third kappa shape index (κ3) is 5.87. The van der Waals surface area contributed by atoms with Crippen LogP contribution in [0.25, 0.3) is 0 Å². The number of furan rings is 1. The summed E-state index contributed by atoms with van der Waals surface area (Å²) in [4.78, 5) is 25.5. The first kappa shape index (κ1) is 16.5. The summed E-state index contributed by atoms with van der Waals surface area (Å²) in [6.07, 6.45) is 2.47. The average molecular weight is 309 g/mol. The molecule has 0 unspecified atom stereocenters. The Kier molecular flexibility index (Phi) is 6.92. The SMILES string of the molecule is O=C(CCCNC(=O)c1ccco1)NCCN1CCOCC1. The van der Waals surface area contributed by atoms with E-state index < -0.39 is 0 Å². The summed E-state index contributed by atoms with van der Waals surface area (Å²) >= 11 is 0. The topological polar surface area (TPSA) is 83.8 Å². The summed E-state index contributed by atoms with van der Waals surface area (Å²) in [6, 6.07) is 3.27. The molecule has 0 spiro atoms. The monoisotopic (exact) mass is 309 g/mol. The Bertz CT molecular complexity index is 455. The minimum Gasteiger partial charge on any atom is -0.459 e. The molecule has 122 valence electrons. The van der Waals surface area contributed by atoms with E-state index in [9.17, 15) is 9.59 Å². The second-order valence-electron chi connectivity index (χ2n) is 5.14. The summed E-state index contributed by atoms with van der Waals surface area (Å²) in [6.45, 7) is 5.34. The normalized spacial score (nSPS) is 15.5. The van der Waals surface area contributed by atoms with Gasteiger partial charge >= 0.3 is 0 Å². The van der Waals surface area contributed by atoms with Crippen molar-refractivity contribution in [2.75, 3.05) is 45.9 Å². The van der Waals surface area contributed by atoms with Crippen molar-refractivity contribution in [3.63, 3.8) is 0 Å². The number of hydrogen-bond acceptors (Lipinski definition) is 5. The maximum absolute atomic E-state index is 11.7. The number of morpholine rings is 1. The smallest absolute Gasteiger partial charge is 0.286 e. The molecule has 2 amide bonds. The third-order valence-corrected chi connectivity index (χ3v) is 3.47. The maximum Gasteiger partial charge on any atom is 0.286 e. The Hall–Kier alpha value is -1.86. The highest BCUT2D eigenvalue weighted by Crippen LogP contribution is 1.99. The van der Waals surface area contributed by atoms with Crippen LogP contribution in [0.4, 0.5) is 0 Å². The van der Waals surface area contributed by atoms with Crippen LogP contribution in [0.1, 0.15) is 23.4 Å². The van der Waals surface area contributed by atoms with Crippen molar-refractivity contribution in [1.29, 1.82) is 0 Å². The van der Waals surface area contributed by atoms with Crippen LogP contribution in [0.2, 0.25) is 0 Å². The molecule has 22 heavy (non-hydrogen) atoms. The largest absolute Gasteiger partial charge is 0.459 e. The van der Waals surface area contributed by atoms with Crippen molar-refractivity contribution >= 4 is 11.8 Å². The van der Waals surface area contributed by atoms with E-state index in [4.69, 9.17) is 9.15 Å². The van der Waals surface area contributed by atoms with Gasteiger partial charge in [-0.2, -0.15) is 0 Å². The fraction of sp³-hybridized carbons (Fsp3) is 0.600. The van der Waals surface area contributed by atoms with Gasteiger partial charge in [-0.25, -0.2) is 0 Å². The van der Waals surface area contributed by atoms with Gasteiger partial charge < -0.3 is 19.8 Å². The number of ether oxygens (including phenoxy) is 1. The lowest BCUT2D eigenvalue weighted by molar-refractivity contribution is -0.121. The number of hydrogen-bond donors (Lipinski definition) is 2. The zero-order valence-corrected chi connectivity index (χ0v) is 12.7. The Morgan fingerprint density at radius 2 is 2.00 bits per heavy atom. The van der Waals surface area contributed by atoms with Crippen molar-refractivity contribution in [2.24, 2.45) is 0 Å². The van der Waals surface area contributed by atoms with E-state index >= 15 is 0 Å². The van der Waals surface area contributed by atoms with Crippen LogP contribution in [0.5, 0.6) is 0 Å². The minimum atomic E-state index is -0.252. The molecular weight excluding hydrogens is 286 g/mol. The molecule has 7 heteroatoms. The first-order chi connectivity index (χ1) is 10.8. The van der Waals surface area contributed by atoms with Gasteiger partial charge in [0, 0.05) is 39.1 Å². The summed E-state index contributed by atoms with van der Waals surface area (Å²) in [5.41, 5.74) is 0. The van der Waals surface area contributed by atoms with E-state index in [0.717, 1.165) is 32.8 Å². The van der Waals surface area contributed by atoms with Crippen molar-refractivity contribution in [1.82, 2.24) is 15.5 Å². The Balaban J connectivity index is 1.48. The van der Waals surface area contributed by atoms with Gasteiger partial charge in [-0.15, -0.1) is 0 Å². The standard InChI is InChI=1S/C15H23N3O4/c19-14(16-6-7-18-8-11-21-12-9-18)4-1-5-17-15(20)13-3-2-10-22-13/h2-3,10H,1,4-9,11-12H2,(H,16,19)(H,17,20). The van der Waals surface area contributed by atoms with Gasteiger partial charge in [-0.1, -0.05) is 0 Å². The zero-order chi connectivity index (χ0) is 15.6. The Morgan fingerprint density at radius 1 is 1.18 bits per heavy atom. The third-order valence-electron chi connectivity index (χ3n) is 3.47. The average Bonchev–Trinajstić information content (AvgIpc) is 3.07. The predicted molar refractivity (Wildman–Crippen MR) is 80.5 cm³/mol. The number of carbonyl (C=O) groups is 2. The lowest BCUT2D eigenvalue weighted by atomic mass is 10.3. The molecule has 1 fully saturated rings. The summed E-state index contributed by atoms with van der Waals surface area (Å²) in [5.74, 6) is 0.0493. The van der Waals surface area contributed by atoms with Crippen LogP contribution >= 0.6 is 0 Å². The highest BCUT2D eigenvalue weighted by molar-refractivity contribution is 5.91. The molecule has 0 saturated carbocycles. The molecule has 1 aromatic rings. The lowest BCUT2D eigenvalue weighted by Gasteiger charge is -2.26. The van der Waals surface area contributed by atoms with Crippen LogP contribution < -0.4 is 10.6 Å². The van der Waals surface area contributed by atoms with Crippen molar-refractivity contribution in [3.05, 3.63) is 24.2 Å². The van der Waals surface area contributed by atoms with Gasteiger partial charge in [-0.05, 0) is 18.6 Å². The number of amides is 2. The van der Waals surface area contributed by atoms with Crippen LogP contribution in [0.3, 0.4) is 0 Å². The molecule has 0 bridgehead atoms. The fourth-order valence-corrected chi connectivity index (χ4v) is 2.21. The molecule has 0 aliphatic carbocycles. The number of nitrogens with one attached hydrogen (secondary N) is 2. The second-order valence-corrected chi connectivity index (χ2v) is 5.14. The first-order valence-corrected chi connectivity index (χ1v) is 7.64. The fourth-order valence-electron chi connectivity index (χ4n) is 2.21. The number of carbonyl (C=O) groups excluding carboxylic acids is 2. The van der Waals surface area contributed by atoms with E-state index in [1.54, 1.807) is 12.1 Å². The van der Waals surface area contributed by atoms with Gasteiger partial charge in [0.05, 0.1) is 19.5 Å². The molecule has 0 radical (unpaired) electrons. The van der Waals surface area contributed by atoms with Crippen LogP contribution in [0.15, 0.2) is 22.8 Å². The van der Waals surface area contributed by atoms with Crippen LogP contribution in [0, 0.1) is 0 Å². The molecule has 1 aromatic heterocycles. The molecule has 2 N–H and O–H groups in total. The van der Waals surface area contributed by atoms with Gasteiger partial charge in [0.25, 0.3) is 5.91 Å². The van der Waals surface area contributed by atoms with Crippen LogP contribution in [-0.2, 0) is 9.53 Å². The zero-order valence-electron chi connectivity index (χ0n) is 12.7. The van der Waals surface area contributed by atoms with E-state index in [1.807, 2.05) is 0 Å². The molecule has 7 nitrogen and oxygen atoms in total. The van der Waals surface area contributed by atoms with Crippen molar-refractivity contribution in [3.8, 4) is 0 Å². The number of nitrogens with zero attached hydrogens (tertiary/aromatic N) is 1. The molecule has 1 saturated heterocycles. The van der Waals surface area contributed by atoms with Gasteiger partial charge in [0.2, 0.25) is 5.91 Å². The summed E-state index contributed by atoms with van der Waals surface area (Å²) in [5, 5.41) is 5.61. The van der Waals surface area contributed by atoms with Crippen molar-refractivity contribution < 1.29 is 18.7 Å². The molecule has 1 aliphatic heterocycles. The van der Waals surface area contributed by atoms with Gasteiger partial charge in [0.1, 0.15) is 0 Å². The number of rotatable bonds is 8. The molecule has 2 rings (SSSR count). The van der Waals surface area contributed by atoms with Gasteiger partial charge in [-0.3, -0.25) is 14.5 Å². The maximum atomic E-state index is 11.7. The quantitative estimate of drug-likeness (QED) is 0.672. The Labute approximate surface area is 130 Å². The highest BCUT2D eigenvalue weighted by Gasteiger charge is 2.10. The molecular formula is C15H23N3O4. The summed E-state index contributed by atoms with van der Waals surface area (Å²) in [7, 11) is 0. The van der Waals surface area contributed by atoms with E-state index in [-0.39, 0.29) is 17.6 Å². The van der Waals surface area contributed by atoms with Crippen molar-refractivity contribution in [2.45, 2.75) is 12.8 Å². The molecule has 2 heterocycles. The second kappa shape index (κ2) is 9.22. The first-order valence-electron chi connectivity index (χ1n) is 7.64. The molecule has 1 aliphatic rings. The van der Waals surface area contributed by atoms with E-state index in [2.05, 4.69) is 15.5 Å². The Morgan fingerprint density at radius 3 is 2.73 bits per heavy atom. The van der Waals surface area contributed by atoms with E-state index in [1.165, 1.54) is 6.26 Å². The van der Waals surface area contributed by atoms with Crippen LogP contribution in [-0.4, -0.2) is 62.7 Å². The molecule has 0 atom stereocenters. The summed E-state index contributed by atoms with van der Waals surface area (Å²) < 4.78 is 10.2. The minimum absolute atomic E-state index is 0.0144. The molecule has 0 aromatic carbocycles. The predicted octanol–water partition coefficient (Wildman–Crippen LogP) is 0.238. The lowest BCUT2D eigenvalue weighted by Crippen LogP contribution is -2.41.